The number of rotatable bonds is 3. The second-order valence-corrected chi connectivity index (χ2v) is 7.68. The Morgan fingerprint density at radius 2 is 2.00 bits per heavy atom. The lowest BCUT2D eigenvalue weighted by atomic mass is 9.82. The second kappa shape index (κ2) is 6.04. The molecule has 1 aliphatic heterocycles. The Kier molecular flexibility index (Phi) is 4.57. The van der Waals surface area contributed by atoms with Crippen LogP contribution in [0.15, 0.2) is 23.1 Å². The lowest BCUT2D eigenvalue weighted by Crippen LogP contribution is -2.25. The Morgan fingerprint density at radius 1 is 1.38 bits per heavy atom. The summed E-state index contributed by atoms with van der Waals surface area (Å²) in [5.74, 6) is 1.02. The summed E-state index contributed by atoms with van der Waals surface area (Å²) in [6, 6.07) is 7.21. The Balaban J connectivity index is 2.60. The first-order valence-electron chi connectivity index (χ1n) is 7.50. The van der Waals surface area contributed by atoms with E-state index in [0.29, 0.717) is 17.7 Å². The van der Waals surface area contributed by atoms with Crippen molar-refractivity contribution in [3.05, 3.63) is 23.8 Å². The summed E-state index contributed by atoms with van der Waals surface area (Å²) in [6.07, 6.45) is 0.396. The number of hydrogen-bond donors (Lipinski definition) is 2. The van der Waals surface area contributed by atoms with Crippen LogP contribution in [0.2, 0.25) is 0 Å². The van der Waals surface area contributed by atoms with Crippen LogP contribution >= 0.6 is 0 Å². The van der Waals surface area contributed by atoms with Gasteiger partial charge in [0.1, 0.15) is 5.92 Å². The zero-order valence-corrected chi connectivity index (χ0v) is 14.8. The number of benzene rings is 1. The van der Waals surface area contributed by atoms with Gasteiger partial charge in [-0.2, -0.15) is 8.42 Å². The average molecular weight is 350 g/mol. The summed E-state index contributed by atoms with van der Waals surface area (Å²) in [7, 11) is -4.29. The van der Waals surface area contributed by atoms with Crippen molar-refractivity contribution in [2.24, 2.45) is 5.92 Å². The first-order chi connectivity index (χ1) is 11.0. The van der Waals surface area contributed by atoms with E-state index in [1.807, 2.05) is 20.8 Å². The Hall–Kier alpha value is -2.17. The number of nitrogens with zero attached hydrogens (tertiary/aromatic N) is 1. The standard InChI is InChI=1S/C17H19NO5S/c1-5-12(16(19)20)8-9-18-11(2)17(3,4)14-10-13(24(21,22)23)6-7-15(14)18/h6-7,10,12H,5H2,1-4H3,(H-,19,20,21,22,23)/p+1. The van der Waals surface area contributed by atoms with E-state index in [9.17, 15) is 17.8 Å². The molecule has 0 radical (unpaired) electrons. The number of fused-ring (bicyclic) bond motifs is 1. The minimum Gasteiger partial charge on any atom is -0.480 e. The predicted molar refractivity (Wildman–Crippen MR) is 89.1 cm³/mol. The van der Waals surface area contributed by atoms with Crippen LogP contribution in [0.5, 0.6) is 0 Å². The highest BCUT2D eigenvalue weighted by Crippen LogP contribution is 2.40. The molecule has 0 bridgehead atoms. The van der Waals surface area contributed by atoms with Gasteiger partial charge in [0.05, 0.1) is 10.3 Å². The summed E-state index contributed by atoms with van der Waals surface area (Å²) in [6.45, 7) is 7.46. The Morgan fingerprint density at radius 3 is 2.50 bits per heavy atom. The van der Waals surface area contributed by atoms with Crippen molar-refractivity contribution >= 4 is 27.5 Å². The molecule has 0 amide bonds. The first-order valence-corrected chi connectivity index (χ1v) is 8.94. The van der Waals surface area contributed by atoms with Gasteiger partial charge >= 0.3 is 5.97 Å². The van der Waals surface area contributed by atoms with Gasteiger partial charge in [-0.25, -0.2) is 0 Å². The van der Waals surface area contributed by atoms with Gasteiger partial charge in [0.2, 0.25) is 11.7 Å². The van der Waals surface area contributed by atoms with Crippen LogP contribution in [0.1, 0.15) is 39.7 Å². The van der Waals surface area contributed by atoms with Crippen molar-refractivity contribution in [1.82, 2.24) is 0 Å². The molecule has 2 N–H and O–H groups in total. The van der Waals surface area contributed by atoms with Crippen molar-refractivity contribution in [2.75, 3.05) is 0 Å². The van der Waals surface area contributed by atoms with Gasteiger partial charge in [-0.15, -0.1) is 4.58 Å². The van der Waals surface area contributed by atoms with Gasteiger partial charge in [0.15, 0.2) is 5.71 Å². The summed E-state index contributed by atoms with van der Waals surface area (Å²) in [4.78, 5) is 11.0. The molecule has 1 aromatic carbocycles. The van der Waals surface area contributed by atoms with Crippen LogP contribution in [0.4, 0.5) is 5.69 Å². The molecular formula is C17H20NO5S+. The molecular weight excluding hydrogens is 330 g/mol. The van der Waals surface area contributed by atoms with Crippen molar-refractivity contribution in [2.45, 2.75) is 44.4 Å². The molecule has 1 aromatic rings. The topological polar surface area (TPSA) is 94.7 Å². The van der Waals surface area contributed by atoms with Gasteiger partial charge in [-0.1, -0.05) is 6.92 Å². The van der Waals surface area contributed by atoms with Crippen LogP contribution in [-0.2, 0) is 20.3 Å². The maximum atomic E-state index is 11.4. The Labute approximate surface area is 141 Å². The molecule has 0 saturated carbocycles. The summed E-state index contributed by atoms with van der Waals surface area (Å²) < 4.78 is 33.7. The van der Waals surface area contributed by atoms with Gasteiger partial charge in [-0.3, -0.25) is 9.35 Å². The zero-order chi connectivity index (χ0) is 18.3. The molecule has 6 nitrogen and oxygen atoms in total. The molecule has 0 aliphatic carbocycles. The fraction of sp³-hybridized carbons (Fsp3) is 0.412. The molecule has 24 heavy (non-hydrogen) atoms. The van der Waals surface area contributed by atoms with Crippen LogP contribution in [0, 0.1) is 17.9 Å². The highest BCUT2D eigenvalue weighted by molar-refractivity contribution is 7.85. The van der Waals surface area contributed by atoms with Crippen LogP contribution < -0.4 is 0 Å². The predicted octanol–water partition coefficient (Wildman–Crippen LogP) is 2.40. The third-order valence-electron chi connectivity index (χ3n) is 4.48. The van der Waals surface area contributed by atoms with Gasteiger partial charge in [0.25, 0.3) is 10.1 Å². The van der Waals surface area contributed by atoms with E-state index in [4.69, 9.17) is 5.11 Å². The van der Waals surface area contributed by atoms with Gasteiger partial charge < -0.3 is 5.11 Å². The van der Waals surface area contributed by atoms with E-state index in [-0.39, 0.29) is 4.90 Å². The van der Waals surface area contributed by atoms with Crippen molar-refractivity contribution < 1.29 is 27.4 Å². The van der Waals surface area contributed by atoms with Crippen molar-refractivity contribution in [1.29, 1.82) is 0 Å². The number of carboxylic acid groups (broad SMARTS) is 1. The smallest absolute Gasteiger partial charge is 0.318 e. The van der Waals surface area contributed by atoms with E-state index in [0.717, 1.165) is 5.71 Å². The maximum Gasteiger partial charge on any atom is 0.318 e. The molecule has 1 unspecified atom stereocenters. The van der Waals surface area contributed by atoms with Crippen molar-refractivity contribution in [3.8, 4) is 12.0 Å². The van der Waals surface area contributed by atoms with Crippen LogP contribution in [0.3, 0.4) is 0 Å². The molecule has 0 fully saturated rings. The highest BCUT2D eigenvalue weighted by atomic mass is 32.2. The van der Waals surface area contributed by atoms with Crippen LogP contribution in [0.25, 0.3) is 0 Å². The molecule has 1 heterocycles. The lowest BCUT2D eigenvalue weighted by molar-refractivity contribution is -0.334. The summed E-state index contributed by atoms with van der Waals surface area (Å²) >= 11 is 0. The third-order valence-corrected chi connectivity index (χ3v) is 5.33. The third kappa shape index (κ3) is 3.07. The monoisotopic (exact) mass is 350 g/mol. The summed E-state index contributed by atoms with van der Waals surface area (Å²) in [5.41, 5.74) is 1.78. The summed E-state index contributed by atoms with van der Waals surface area (Å²) in [5, 5.41) is 9.11. The molecule has 1 atom stereocenters. The largest absolute Gasteiger partial charge is 0.480 e. The highest BCUT2D eigenvalue weighted by Gasteiger charge is 2.44. The maximum absolute atomic E-state index is 11.4. The molecule has 128 valence electrons. The Bertz CT molecular complexity index is 901. The quantitative estimate of drug-likeness (QED) is 0.496. The normalized spacial score (nSPS) is 17.0. The molecule has 1 aliphatic rings. The fourth-order valence-electron chi connectivity index (χ4n) is 2.65. The zero-order valence-electron chi connectivity index (χ0n) is 14.0. The van der Waals surface area contributed by atoms with Crippen LogP contribution in [-0.4, -0.2) is 34.3 Å². The molecule has 0 spiro atoms. The van der Waals surface area contributed by atoms with E-state index in [1.54, 1.807) is 17.6 Å². The first kappa shape index (κ1) is 18.2. The molecule has 0 saturated heterocycles. The van der Waals surface area contributed by atoms with E-state index in [2.05, 4.69) is 12.0 Å². The van der Waals surface area contributed by atoms with Crippen molar-refractivity contribution in [3.63, 3.8) is 0 Å². The average Bonchev–Trinajstić information content (AvgIpc) is 2.67. The van der Waals surface area contributed by atoms with E-state index in [1.165, 1.54) is 12.1 Å². The number of aliphatic carboxylic acids is 1. The molecule has 2 rings (SSSR count). The van der Waals surface area contributed by atoms with E-state index >= 15 is 0 Å². The minimum absolute atomic E-state index is 0.172. The molecule has 7 heteroatoms. The molecule has 0 aromatic heterocycles. The number of carboxylic acids is 1. The second-order valence-electron chi connectivity index (χ2n) is 6.26. The van der Waals surface area contributed by atoms with Gasteiger partial charge in [0, 0.05) is 18.6 Å². The lowest BCUT2D eigenvalue weighted by Gasteiger charge is -2.14. The SMILES string of the molecule is CCC(C#C[N+]1=C(C)C(C)(C)c2cc(S(=O)(=O)O)ccc21)C(=O)O. The number of carbonyl (C=O) groups is 1. The minimum atomic E-state index is -4.29. The number of hydrogen-bond acceptors (Lipinski definition) is 3. The van der Waals surface area contributed by atoms with Gasteiger partial charge in [-0.05, 0) is 38.3 Å². The van der Waals surface area contributed by atoms with E-state index < -0.39 is 27.4 Å². The fourth-order valence-corrected chi connectivity index (χ4v) is 3.16.